The third-order valence-electron chi connectivity index (χ3n) is 3.14. The first-order chi connectivity index (χ1) is 9.57. The van der Waals surface area contributed by atoms with Crippen molar-refractivity contribution in [3.05, 3.63) is 12.7 Å². The van der Waals surface area contributed by atoms with E-state index in [9.17, 15) is 10.2 Å². The smallest absolute Gasteiger partial charge is 0.0645 e. The van der Waals surface area contributed by atoms with E-state index >= 15 is 0 Å². The average molecular weight is 294 g/mol. The molecule has 0 fully saturated rings. The van der Waals surface area contributed by atoms with Gasteiger partial charge in [-0.2, -0.15) is 0 Å². The summed E-state index contributed by atoms with van der Waals surface area (Å²) >= 11 is 0. The Hall–Kier alpha value is -0.540. The molecule has 0 amide bonds. The van der Waals surface area contributed by atoms with E-state index in [0.29, 0.717) is 0 Å². The van der Waals surface area contributed by atoms with Crippen LogP contribution in [0, 0.1) is 10.8 Å². The predicted octanol–water partition coefficient (Wildman–Crippen LogP) is -1.86. The molecule has 0 aliphatic carbocycles. The monoisotopic (exact) mass is 294 g/mol. The van der Waals surface area contributed by atoms with Gasteiger partial charge in [-0.1, -0.05) is 6.08 Å². The summed E-state index contributed by atoms with van der Waals surface area (Å²) in [5.74, 6) is 0. The van der Waals surface area contributed by atoms with E-state index < -0.39 is 30.7 Å². The second-order valence-electron chi connectivity index (χ2n) is 5.09. The maximum absolute atomic E-state index is 9.38. The van der Waals surface area contributed by atoms with Crippen LogP contribution in [-0.4, -0.2) is 85.0 Å². The number of hydrogen-bond donors (Lipinski definition) is 5. The topological polar surface area (TPSA) is 120 Å². The fourth-order valence-electron chi connectivity index (χ4n) is 1.40. The van der Waals surface area contributed by atoms with Gasteiger partial charge in [-0.05, 0) is 0 Å². The fraction of sp³-hybridized carbons (Fsp3) is 0.846. The van der Waals surface area contributed by atoms with E-state index in [1.807, 2.05) is 0 Å². The van der Waals surface area contributed by atoms with Gasteiger partial charge < -0.3 is 35.0 Å². The first-order valence-electron chi connectivity index (χ1n) is 6.38. The third-order valence-corrected chi connectivity index (χ3v) is 3.14. The summed E-state index contributed by atoms with van der Waals surface area (Å²) in [4.78, 5) is 0. The van der Waals surface area contributed by atoms with Crippen LogP contribution in [0.1, 0.15) is 0 Å². The fourth-order valence-corrected chi connectivity index (χ4v) is 1.40. The zero-order valence-corrected chi connectivity index (χ0v) is 11.7. The number of aliphatic hydroxyl groups excluding tert-OH is 5. The van der Waals surface area contributed by atoms with Gasteiger partial charge in [0.2, 0.25) is 0 Å². The van der Waals surface area contributed by atoms with Crippen molar-refractivity contribution >= 4 is 0 Å². The molecule has 5 N–H and O–H groups in total. The Kier molecular flexibility index (Phi) is 9.95. The van der Waals surface area contributed by atoms with E-state index in [1.54, 1.807) is 6.08 Å². The van der Waals surface area contributed by atoms with Gasteiger partial charge in [0, 0.05) is 0 Å². The Morgan fingerprint density at radius 2 is 1.10 bits per heavy atom. The van der Waals surface area contributed by atoms with Gasteiger partial charge in [0.1, 0.15) is 0 Å². The van der Waals surface area contributed by atoms with Crippen molar-refractivity contribution < 1.29 is 35.0 Å². The minimum absolute atomic E-state index is 0.0289. The van der Waals surface area contributed by atoms with Crippen LogP contribution < -0.4 is 0 Å². The lowest BCUT2D eigenvalue weighted by Crippen LogP contribution is -2.43. The number of hydrogen-bond acceptors (Lipinski definition) is 7. The van der Waals surface area contributed by atoms with Crippen molar-refractivity contribution in [2.24, 2.45) is 10.8 Å². The summed E-state index contributed by atoms with van der Waals surface area (Å²) in [6.45, 7) is 1.75. The molecule has 0 atom stereocenters. The van der Waals surface area contributed by atoms with Crippen LogP contribution in [0.25, 0.3) is 0 Å². The zero-order chi connectivity index (χ0) is 15.5. The van der Waals surface area contributed by atoms with Crippen LogP contribution in [0.3, 0.4) is 0 Å². The molecule has 0 bridgehead atoms. The largest absolute Gasteiger partial charge is 0.396 e. The van der Waals surface area contributed by atoms with Crippen LogP contribution in [0.4, 0.5) is 0 Å². The molecule has 7 nitrogen and oxygen atoms in total. The number of rotatable bonds is 13. The summed E-state index contributed by atoms with van der Waals surface area (Å²) in [6, 6.07) is 0. The van der Waals surface area contributed by atoms with Gasteiger partial charge in [0.05, 0.1) is 70.3 Å². The maximum Gasteiger partial charge on any atom is 0.0645 e. The predicted molar refractivity (Wildman–Crippen MR) is 72.1 cm³/mol. The van der Waals surface area contributed by atoms with Gasteiger partial charge in [-0.15, -0.1) is 6.58 Å². The summed E-state index contributed by atoms with van der Waals surface area (Å²) in [5, 5.41) is 46.2. The Balaban J connectivity index is 4.42. The Morgan fingerprint density at radius 3 is 1.50 bits per heavy atom. The van der Waals surface area contributed by atoms with Crippen LogP contribution in [-0.2, 0) is 9.47 Å². The van der Waals surface area contributed by atoms with E-state index in [0.717, 1.165) is 0 Å². The highest BCUT2D eigenvalue weighted by Crippen LogP contribution is 2.20. The quantitative estimate of drug-likeness (QED) is 0.200. The lowest BCUT2D eigenvalue weighted by atomic mass is 9.90. The first-order valence-corrected chi connectivity index (χ1v) is 6.38. The summed E-state index contributed by atoms with van der Waals surface area (Å²) in [7, 11) is 0. The van der Waals surface area contributed by atoms with E-state index in [-0.39, 0.29) is 39.6 Å². The highest BCUT2D eigenvalue weighted by Gasteiger charge is 2.33. The van der Waals surface area contributed by atoms with E-state index in [1.165, 1.54) is 0 Å². The van der Waals surface area contributed by atoms with E-state index in [4.69, 9.17) is 24.8 Å². The molecule has 0 spiro atoms. The first kappa shape index (κ1) is 19.5. The summed E-state index contributed by atoms with van der Waals surface area (Å²) < 4.78 is 10.6. The highest BCUT2D eigenvalue weighted by molar-refractivity contribution is 4.81. The van der Waals surface area contributed by atoms with Gasteiger partial charge in [-0.3, -0.25) is 0 Å². The average Bonchev–Trinajstić information content (AvgIpc) is 2.51. The molecular formula is C13H26O7. The van der Waals surface area contributed by atoms with Crippen LogP contribution in [0.5, 0.6) is 0 Å². The SMILES string of the molecule is C=CCOCC(CO)(CO)COCC(CO)(CO)CO. The van der Waals surface area contributed by atoms with Gasteiger partial charge in [0.15, 0.2) is 0 Å². The molecule has 0 aromatic carbocycles. The highest BCUT2D eigenvalue weighted by atomic mass is 16.5. The standard InChI is InChI=1S/C13H26O7/c1-2-3-19-10-13(7-17,8-18)11-20-9-12(4-14,5-15)6-16/h2,14-18H,1,3-11H2. The second kappa shape index (κ2) is 10.2. The molecule has 0 aliphatic heterocycles. The van der Waals surface area contributed by atoms with Crippen molar-refractivity contribution in [1.29, 1.82) is 0 Å². The molecule has 0 aromatic heterocycles. The summed E-state index contributed by atoms with van der Waals surface area (Å²) in [6.07, 6.45) is 1.55. The normalized spacial score (nSPS) is 12.7. The Morgan fingerprint density at radius 1 is 0.700 bits per heavy atom. The molecule has 0 radical (unpaired) electrons. The van der Waals surface area contributed by atoms with Gasteiger partial charge in [0.25, 0.3) is 0 Å². The molecule has 7 heteroatoms. The Labute approximate surface area is 119 Å². The maximum atomic E-state index is 9.38. The number of ether oxygens (including phenoxy) is 2. The molecule has 0 saturated carbocycles. The van der Waals surface area contributed by atoms with Crippen molar-refractivity contribution in [3.8, 4) is 0 Å². The Bertz CT molecular complexity index is 241. The van der Waals surface area contributed by atoms with Crippen LogP contribution in [0.2, 0.25) is 0 Å². The molecule has 20 heavy (non-hydrogen) atoms. The molecule has 0 unspecified atom stereocenters. The second-order valence-corrected chi connectivity index (χ2v) is 5.09. The molecule has 0 saturated heterocycles. The lowest BCUT2D eigenvalue weighted by molar-refractivity contribution is -0.109. The zero-order valence-electron chi connectivity index (χ0n) is 11.7. The van der Waals surface area contributed by atoms with Gasteiger partial charge >= 0.3 is 0 Å². The minimum atomic E-state index is -1.14. The molecular weight excluding hydrogens is 268 g/mol. The third kappa shape index (κ3) is 5.84. The lowest BCUT2D eigenvalue weighted by Gasteiger charge is -2.32. The molecule has 120 valence electrons. The van der Waals surface area contributed by atoms with Crippen molar-refractivity contribution in [2.75, 3.05) is 59.5 Å². The minimum Gasteiger partial charge on any atom is -0.396 e. The molecule has 0 heterocycles. The summed E-state index contributed by atoms with van der Waals surface area (Å²) in [5.41, 5.74) is -2.12. The van der Waals surface area contributed by atoms with Crippen LogP contribution >= 0.6 is 0 Å². The van der Waals surface area contributed by atoms with Gasteiger partial charge in [-0.25, -0.2) is 0 Å². The molecule has 0 rings (SSSR count). The number of aliphatic hydroxyl groups is 5. The van der Waals surface area contributed by atoms with Crippen molar-refractivity contribution in [3.63, 3.8) is 0 Å². The molecule has 0 aliphatic rings. The van der Waals surface area contributed by atoms with Crippen molar-refractivity contribution in [1.82, 2.24) is 0 Å². The molecule has 0 aromatic rings. The van der Waals surface area contributed by atoms with Crippen LogP contribution in [0.15, 0.2) is 12.7 Å². The van der Waals surface area contributed by atoms with Crippen molar-refractivity contribution in [2.45, 2.75) is 0 Å². The van der Waals surface area contributed by atoms with E-state index in [2.05, 4.69) is 6.58 Å².